The van der Waals surface area contributed by atoms with Crippen LogP contribution in [0.4, 0.5) is 11.6 Å². The zero-order valence-corrected chi connectivity index (χ0v) is 17.2. The molecule has 30 heavy (non-hydrogen) atoms. The first-order valence-electron chi connectivity index (χ1n) is 9.93. The van der Waals surface area contributed by atoms with Crippen molar-refractivity contribution < 1.29 is 4.74 Å². The number of methoxy groups -OCH3 is 1. The maximum Gasteiger partial charge on any atom is 0.230 e. The minimum atomic E-state index is 0.558. The predicted molar refractivity (Wildman–Crippen MR) is 119 cm³/mol. The Kier molecular flexibility index (Phi) is 5.99. The summed E-state index contributed by atoms with van der Waals surface area (Å²) >= 11 is 0. The number of aromatic nitrogens is 3. The van der Waals surface area contributed by atoms with Crippen molar-refractivity contribution in [1.29, 1.82) is 0 Å². The van der Waals surface area contributed by atoms with Gasteiger partial charge in [-0.2, -0.15) is 9.97 Å². The molecule has 0 saturated carbocycles. The van der Waals surface area contributed by atoms with Crippen LogP contribution >= 0.6 is 0 Å². The Morgan fingerprint density at radius 2 is 1.40 bits per heavy atom. The van der Waals surface area contributed by atoms with Crippen LogP contribution in [0.25, 0.3) is 0 Å². The summed E-state index contributed by atoms with van der Waals surface area (Å²) in [7, 11) is 1.67. The van der Waals surface area contributed by atoms with Crippen LogP contribution in [0.3, 0.4) is 0 Å². The molecule has 5 heteroatoms. The monoisotopic (exact) mass is 396 g/mol. The molecule has 0 amide bonds. The highest BCUT2D eigenvalue weighted by Crippen LogP contribution is 2.20. The van der Waals surface area contributed by atoms with Gasteiger partial charge in [-0.1, -0.05) is 60.7 Å². The van der Waals surface area contributed by atoms with Crippen molar-refractivity contribution >= 4 is 11.6 Å². The second-order valence-electron chi connectivity index (χ2n) is 7.12. The molecular formula is C25H24N4O. The Hall–Kier alpha value is -3.73. The third-order valence-corrected chi connectivity index (χ3v) is 4.82. The average molecular weight is 396 g/mol. The lowest BCUT2D eigenvalue weighted by molar-refractivity contribution is 0.414. The van der Waals surface area contributed by atoms with E-state index >= 15 is 0 Å². The molecule has 0 unspecified atom stereocenters. The van der Waals surface area contributed by atoms with Crippen molar-refractivity contribution in [2.75, 3.05) is 12.4 Å². The van der Waals surface area contributed by atoms with Gasteiger partial charge in [-0.05, 0) is 41.8 Å². The molecule has 0 atom stereocenters. The molecule has 4 rings (SSSR count). The topological polar surface area (TPSA) is 59.9 Å². The van der Waals surface area contributed by atoms with Crippen molar-refractivity contribution in [3.63, 3.8) is 0 Å². The second kappa shape index (κ2) is 9.18. The SMILES string of the molecule is COc1cccc(Cc2nc(Cc3ccccc3)nc(Nc3ccccc3C)n2)c1. The standard InChI is InChI=1S/C25H24N4O/c1-18-9-6-7-14-22(18)26-25-28-23(16-19-10-4-3-5-11-19)27-24(29-25)17-20-12-8-13-21(15-20)30-2/h3-15H,16-17H2,1-2H3,(H,26,27,28,29). The fourth-order valence-electron chi connectivity index (χ4n) is 3.26. The Labute approximate surface area is 176 Å². The van der Waals surface area contributed by atoms with Crippen LogP contribution in [0, 0.1) is 6.92 Å². The fraction of sp³-hybridized carbons (Fsp3) is 0.160. The van der Waals surface area contributed by atoms with Gasteiger partial charge in [-0.3, -0.25) is 0 Å². The van der Waals surface area contributed by atoms with Gasteiger partial charge < -0.3 is 10.1 Å². The predicted octanol–water partition coefficient (Wildman–Crippen LogP) is 5.11. The van der Waals surface area contributed by atoms with Gasteiger partial charge in [0.15, 0.2) is 0 Å². The Morgan fingerprint density at radius 3 is 2.13 bits per heavy atom. The van der Waals surface area contributed by atoms with E-state index < -0.39 is 0 Å². The molecule has 150 valence electrons. The zero-order valence-electron chi connectivity index (χ0n) is 17.2. The van der Waals surface area contributed by atoms with Crippen molar-refractivity contribution in [2.45, 2.75) is 19.8 Å². The quantitative estimate of drug-likeness (QED) is 0.470. The molecular weight excluding hydrogens is 372 g/mol. The molecule has 4 aromatic rings. The summed E-state index contributed by atoms with van der Waals surface area (Å²) in [6, 6.07) is 26.3. The van der Waals surface area contributed by atoms with Crippen LogP contribution in [0.15, 0.2) is 78.9 Å². The molecule has 0 saturated heterocycles. The molecule has 0 radical (unpaired) electrons. The molecule has 0 bridgehead atoms. The molecule has 1 aromatic heterocycles. The first-order valence-corrected chi connectivity index (χ1v) is 9.93. The molecule has 0 aliphatic carbocycles. The number of rotatable bonds is 7. The van der Waals surface area contributed by atoms with Gasteiger partial charge in [0.2, 0.25) is 5.95 Å². The summed E-state index contributed by atoms with van der Waals surface area (Å²) in [6.07, 6.45) is 1.25. The Bertz CT molecular complexity index is 1130. The minimum Gasteiger partial charge on any atom is -0.497 e. The molecule has 0 aliphatic rings. The van der Waals surface area contributed by atoms with Crippen LogP contribution in [0.1, 0.15) is 28.3 Å². The lowest BCUT2D eigenvalue weighted by Gasteiger charge is -2.11. The summed E-state index contributed by atoms with van der Waals surface area (Å²) in [6.45, 7) is 2.06. The number of aryl methyl sites for hydroxylation is 1. The van der Waals surface area contributed by atoms with E-state index in [1.807, 2.05) is 54.6 Å². The van der Waals surface area contributed by atoms with E-state index in [1.54, 1.807) is 7.11 Å². The first-order chi connectivity index (χ1) is 14.7. The average Bonchev–Trinajstić information content (AvgIpc) is 2.76. The van der Waals surface area contributed by atoms with E-state index in [9.17, 15) is 0 Å². The van der Waals surface area contributed by atoms with E-state index in [2.05, 4.69) is 46.5 Å². The Balaban J connectivity index is 1.67. The molecule has 0 fully saturated rings. The lowest BCUT2D eigenvalue weighted by Crippen LogP contribution is -2.09. The normalized spacial score (nSPS) is 10.6. The van der Waals surface area contributed by atoms with Gasteiger partial charge in [-0.15, -0.1) is 0 Å². The maximum absolute atomic E-state index is 5.35. The van der Waals surface area contributed by atoms with Gasteiger partial charge in [0.1, 0.15) is 17.4 Å². The molecule has 1 N–H and O–H groups in total. The summed E-state index contributed by atoms with van der Waals surface area (Å²) < 4.78 is 5.35. The number of nitrogens with one attached hydrogen (secondary N) is 1. The maximum atomic E-state index is 5.35. The number of para-hydroxylation sites is 1. The highest BCUT2D eigenvalue weighted by Gasteiger charge is 2.10. The van der Waals surface area contributed by atoms with E-state index in [1.165, 1.54) is 0 Å². The molecule has 0 aliphatic heterocycles. The van der Waals surface area contributed by atoms with Gasteiger partial charge in [0.05, 0.1) is 7.11 Å². The number of anilines is 2. The van der Waals surface area contributed by atoms with Crippen LogP contribution in [-0.2, 0) is 12.8 Å². The first kappa shape index (κ1) is 19.6. The molecule has 5 nitrogen and oxygen atoms in total. The highest BCUT2D eigenvalue weighted by atomic mass is 16.5. The molecule has 0 spiro atoms. The zero-order chi connectivity index (χ0) is 20.8. The summed E-state index contributed by atoms with van der Waals surface area (Å²) in [5.41, 5.74) is 4.38. The highest BCUT2D eigenvalue weighted by molar-refractivity contribution is 5.57. The third kappa shape index (κ3) is 5.00. The minimum absolute atomic E-state index is 0.558. The van der Waals surface area contributed by atoms with E-state index in [0.29, 0.717) is 18.8 Å². The van der Waals surface area contributed by atoms with Crippen LogP contribution in [0.2, 0.25) is 0 Å². The largest absolute Gasteiger partial charge is 0.497 e. The third-order valence-electron chi connectivity index (χ3n) is 4.82. The van der Waals surface area contributed by atoms with Crippen molar-refractivity contribution in [3.05, 3.63) is 107 Å². The van der Waals surface area contributed by atoms with E-state index in [-0.39, 0.29) is 0 Å². The second-order valence-corrected chi connectivity index (χ2v) is 7.12. The van der Waals surface area contributed by atoms with Crippen molar-refractivity contribution in [1.82, 2.24) is 15.0 Å². The Morgan fingerprint density at radius 1 is 0.733 bits per heavy atom. The number of ether oxygens (including phenoxy) is 1. The molecule has 1 heterocycles. The number of benzene rings is 3. The summed E-state index contributed by atoms with van der Waals surface area (Å²) in [4.78, 5) is 14.1. The van der Waals surface area contributed by atoms with Crippen LogP contribution < -0.4 is 10.1 Å². The summed E-state index contributed by atoms with van der Waals surface area (Å²) in [5.74, 6) is 2.85. The van der Waals surface area contributed by atoms with Gasteiger partial charge >= 0.3 is 0 Å². The van der Waals surface area contributed by atoms with E-state index in [4.69, 9.17) is 9.72 Å². The number of hydrogen-bond donors (Lipinski definition) is 1. The van der Waals surface area contributed by atoms with Gasteiger partial charge in [-0.25, -0.2) is 4.98 Å². The van der Waals surface area contributed by atoms with E-state index in [0.717, 1.165) is 39.8 Å². The van der Waals surface area contributed by atoms with Crippen molar-refractivity contribution in [2.24, 2.45) is 0 Å². The van der Waals surface area contributed by atoms with Crippen LogP contribution in [0.5, 0.6) is 5.75 Å². The number of hydrogen-bond acceptors (Lipinski definition) is 5. The van der Waals surface area contributed by atoms with Gasteiger partial charge in [0, 0.05) is 18.5 Å². The lowest BCUT2D eigenvalue weighted by atomic mass is 10.1. The molecule has 3 aromatic carbocycles. The van der Waals surface area contributed by atoms with Gasteiger partial charge in [0.25, 0.3) is 0 Å². The smallest absolute Gasteiger partial charge is 0.230 e. The van der Waals surface area contributed by atoms with Crippen LogP contribution in [-0.4, -0.2) is 22.1 Å². The fourth-order valence-corrected chi connectivity index (χ4v) is 3.26. The van der Waals surface area contributed by atoms with Crippen molar-refractivity contribution in [3.8, 4) is 5.75 Å². The summed E-state index contributed by atoms with van der Waals surface area (Å²) in [5, 5.41) is 3.36. The number of nitrogens with zero attached hydrogens (tertiary/aromatic N) is 3.